The Morgan fingerprint density at radius 1 is 1.19 bits per heavy atom. The second-order valence-corrected chi connectivity index (χ2v) is 7.08. The quantitative estimate of drug-likeness (QED) is 0.654. The molecule has 1 amide bonds. The van der Waals surface area contributed by atoms with E-state index in [1.165, 1.54) is 11.8 Å². The standard InChI is InChI=1S/C19H18ClN3O2S/c1-2-23(18(24)12-26-16-10-6-4-8-14(16)20)11-17-21-15-9-5-3-7-13(15)19(25)22-17/h3-10H,2,11-12H2,1H3,(H,21,22,25). The van der Waals surface area contributed by atoms with Crippen molar-refractivity contribution in [3.63, 3.8) is 0 Å². The van der Waals surface area contributed by atoms with Crippen LogP contribution in [0.15, 0.2) is 58.2 Å². The Hall–Kier alpha value is -2.31. The Balaban J connectivity index is 1.72. The minimum absolute atomic E-state index is 0.0340. The molecule has 2 aromatic carbocycles. The number of carbonyl (C=O) groups is 1. The molecular weight excluding hydrogens is 370 g/mol. The lowest BCUT2D eigenvalue weighted by atomic mass is 10.2. The highest BCUT2D eigenvalue weighted by molar-refractivity contribution is 8.00. The normalized spacial score (nSPS) is 10.8. The van der Waals surface area contributed by atoms with E-state index in [1.54, 1.807) is 29.2 Å². The van der Waals surface area contributed by atoms with Gasteiger partial charge in [-0.1, -0.05) is 35.9 Å². The zero-order valence-electron chi connectivity index (χ0n) is 14.2. The number of halogens is 1. The summed E-state index contributed by atoms with van der Waals surface area (Å²) in [6.45, 7) is 2.69. The molecule has 0 saturated heterocycles. The number of aromatic nitrogens is 2. The van der Waals surface area contributed by atoms with Gasteiger partial charge < -0.3 is 9.88 Å². The topological polar surface area (TPSA) is 66.1 Å². The summed E-state index contributed by atoms with van der Waals surface area (Å²) in [7, 11) is 0. The number of thioether (sulfide) groups is 1. The van der Waals surface area contributed by atoms with E-state index in [4.69, 9.17) is 11.6 Å². The van der Waals surface area contributed by atoms with Crippen molar-refractivity contribution in [3.05, 3.63) is 69.7 Å². The van der Waals surface area contributed by atoms with Crippen molar-refractivity contribution in [2.24, 2.45) is 0 Å². The van der Waals surface area contributed by atoms with Crippen molar-refractivity contribution in [1.29, 1.82) is 0 Å². The van der Waals surface area contributed by atoms with Gasteiger partial charge >= 0.3 is 0 Å². The number of aromatic amines is 1. The van der Waals surface area contributed by atoms with Gasteiger partial charge in [0.05, 0.1) is 28.2 Å². The van der Waals surface area contributed by atoms with Crippen LogP contribution in [0.4, 0.5) is 0 Å². The molecule has 0 saturated carbocycles. The first-order chi connectivity index (χ1) is 12.6. The fraction of sp³-hybridized carbons (Fsp3) is 0.211. The largest absolute Gasteiger partial charge is 0.335 e. The molecule has 0 fully saturated rings. The van der Waals surface area contributed by atoms with E-state index < -0.39 is 0 Å². The van der Waals surface area contributed by atoms with Gasteiger partial charge in [-0.25, -0.2) is 4.98 Å². The first kappa shape index (κ1) is 18.5. The van der Waals surface area contributed by atoms with Crippen LogP contribution in [0.2, 0.25) is 5.02 Å². The van der Waals surface area contributed by atoms with E-state index in [1.807, 2.05) is 31.2 Å². The highest BCUT2D eigenvalue weighted by Gasteiger charge is 2.15. The molecule has 3 aromatic rings. The Bertz CT molecular complexity index is 990. The van der Waals surface area contributed by atoms with Crippen LogP contribution >= 0.6 is 23.4 Å². The second kappa shape index (κ2) is 8.38. The second-order valence-electron chi connectivity index (χ2n) is 5.66. The number of carbonyl (C=O) groups excluding carboxylic acids is 1. The molecule has 0 radical (unpaired) electrons. The first-order valence-electron chi connectivity index (χ1n) is 8.21. The van der Waals surface area contributed by atoms with Gasteiger partial charge in [-0.15, -0.1) is 11.8 Å². The molecule has 5 nitrogen and oxygen atoms in total. The first-order valence-corrected chi connectivity index (χ1v) is 9.58. The molecule has 7 heteroatoms. The van der Waals surface area contributed by atoms with Crippen LogP contribution in [0, 0.1) is 0 Å². The van der Waals surface area contributed by atoms with Crippen LogP contribution in [-0.2, 0) is 11.3 Å². The maximum absolute atomic E-state index is 12.6. The average Bonchev–Trinajstić information content (AvgIpc) is 2.65. The van der Waals surface area contributed by atoms with Crippen LogP contribution < -0.4 is 5.56 Å². The van der Waals surface area contributed by atoms with Gasteiger partial charge in [-0.05, 0) is 31.2 Å². The number of nitrogens with one attached hydrogen (secondary N) is 1. The summed E-state index contributed by atoms with van der Waals surface area (Å²) in [5.41, 5.74) is 0.430. The fourth-order valence-corrected chi connectivity index (χ4v) is 3.70. The third-order valence-electron chi connectivity index (χ3n) is 3.92. The van der Waals surface area contributed by atoms with Crippen molar-refractivity contribution in [2.75, 3.05) is 12.3 Å². The van der Waals surface area contributed by atoms with Crippen molar-refractivity contribution < 1.29 is 4.79 Å². The number of nitrogens with zero attached hydrogens (tertiary/aromatic N) is 2. The average molecular weight is 388 g/mol. The maximum atomic E-state index is 12.6. The van der Waals surface area contributed by atoms with Gasteiger partial charge in [0.15, 0.2) is 0 Å². The molecule has 0 spiro atoms. The fourth-order valence-electron chi connectivity index (χ4n) is 2.56. The van der Waals surface area contributed by atoms with Gasteiger partial charge in [-0.3, -0.25) is 9.59 Å². The van der Waals surface area contributed by atoms with Gasteiger partial charge in [0.1, 0.15) is 5.82 Å². The Labute approximate surface area is 160 Å². The molecule has 0 aliphatic rings. The number of para-hydroxylation sites is 1. The lowest BCUT2D eigenvalue weighted by Crippen LogP contribution is -2.33. The summed E-state index contributed by atoms with van der Waals surface area (Å²) < 4.78 is 0. The van der Waals surface area contributed by atoms with Crippen molar-refractivity contribution in [2.45, 2.75) is 18.4 Å². The molecule has 1 heterocycles. The third kappa shape index (κ3) is 4.26. The Morgan fingerprint density at radius 2 is 1.92 bits per heavy atom. The maximum Gasteiger partial charge on any atom is 0.258 e. The molecule has 134 valence electrons. The van der Waals surface area contributed by atoms with E-state index >= 15 is 0 Å². The minimum Gasteiger partial charge on any atom is -0.335 e. The van der Waals surface area contributed by atoms with Crippen LogP contribution in [0.3, 0.4) is 0 Å². The molecular formula is C19H18ClN3O2S. The smallest absolute Gasteiger partial charge is 0.258 e. The summed E-state index contributed by atoms with van der Waals surface area (Å²) in [6, 6.07) is 14.6. The van der Waals surface area contributed by atoms with Crippen LogP contribution in [0.5, 0.6) is 0 Å². The zero-order chi connectivity index (χ0) is 18.5. The molecule has 0 aliphatic heterocycles. The molecule has 0 unspecified atom stereocenters. The minimum atomic E-state index is -0.195. The summed E-state index contributed by atoms with van der Waals surface area (Å²) in [4.78, 5) is 34.5. The highest BCUT2D eigenvalue weighted by atomic mass is 35.5. The zero-order valence-corrected chi connectivity index (χ0v) is 15.8. The molecule has 0 atom stereocenters. The molecule has 3 rings (SSSR count). The number of amides is 1. The van der Waals surface area contributed by atoms with E-state index in [9.17, 15) is 9.59 Å². The Morgan fingerprint density at radius 3 is 2.69 bits per heavy atom. The summed E-state index contributed by atoms with van der Waals surface area (Å²) >= 11 is 7.53. The molecule has 26 heavy (non-hydrogen) atoms. The monoisotopic (exact) mass is 387 g/mol. The van der Waals surface area contributed by atoms with Gasteiger partial charge in [0.25, 0.3) is 5.56 Å². The van der Waals surface area contributed by atoms with Gasteiger partial charge in [0, 0.05) is 11.4 Å². The SMILES string of the molecule is CCN(Cc1nc2ccccc2c(=O)[nH]1)C(=O)CSc1ccccc1Cl. The van der Waals surface area contributed by atoms with Crippen LogP contribution in [-0.4, -0.2) is 33.1 Å². The summed E-state index contributed by atoms with van der Waals surface area (Å²) in [5.74, 6) is 0.718. The number of H-pyrrole nitrogens is 1. The molecule has 0 aliphatic carbocycles. The van der Waals surface area contributed by atoms with E-state index in [2.05, 4.69) is 9.97 Å². The Kier molecular flexibility index (Phi) is 5.96. The third-order valence-corrected chi connectivity index (χ3v) is 5.42. The molecule has 1 aromatic heterocycles. The van der Waals surface area contributed by atoms with Crippen molar-refractivity contribution in [1.82, 2.24) is 14.9 Å². The lowest BCUT2D eigenvalue weighted by molar-refractivity contribution is -0.128. The van der Waals surface area contributed by atoms with E-state index in [0.717, 1.165) is 4.90 Å². The van der Waals surface area contributed by atoms with E-state index in [0.29, 0.717) is 28.3 Å². The molecule has 0 bridgehead atoms. The number of hydrogen-bond donors (Lipinski definition) is 1. The van der Waals surface area contributed by atoms with Gasteiger partial charge in [0.2, 0.25) is 5.91 Å². The van der Waals surface area contributed by atoms with Crippen LogP contribution in [0.25, 0.3) is 10.9 Å². The predicted molar refractivity (Wildman–Crippen MR) is 106 cm³/mol. The summed E-state index contributed by atoms with van der Waals surface area (Å²) in [5, 5.41) is 1.17. The van der Waals surface area contributed by atoms with Crippen LogP contribution in [0.1, 0.15) is 12.7 Å². The number of hydrogen-bond acceptors (Lipinski definition) is 4. The van der Waals surface area contributed by atoms with Crippen molar-refractivity contribution >= 4 is 40.2 Å². The number of rotatable bonds is 6. The highest BCUT2D eigenvalue weighted by Crippen LogP contribution is 2.26. The summed E-state index contributed by atoms with van der Waals surface area (Å²) in [6.07, 6.45) is 0. The van der Waals surface area contributed by atoms with Gasteiger partial charge in [-0.2, -0.15) is 0 Å². The number of benzene rings is 2. The van der Waals surface area contributed by atoms with E-state index in [-0.39, 0.29) is 23.8 Å². The predicted octanol–water partition coefficient (Wildman–Crippen LogP) is 3.72. The number of fused-ring (bicyclic) bond motifs is 1. The lowest BCUT2D eigenvalue weighted by Gasteiger charge is -2.20. The molecule has 1 N–H and O–H groups in total. The van der Waals surface area contributed by atoms with Crippen molar-refractivity contribution in [3.8, 4) is 0 Å².